The Labute approximate surface area is 195 Å². The molecule has 9 heteroatoms. The Morgan fingerprint density at radius 1 is 1.12 bits per heavy atom. The summed E-state index contributed by atoms with van der Waals surface area (Å²) in [6.07, 6.45) is 0. The molecule has 1 amide bonds. The number of benzene rings is 2. The maximum Gasteiger partial charge on any atom is 0.293 e. The third-order valence-electron chi connectivity index (χ3n) is 5.56. The Morgan fingerprint density at radius 3 is 2.68 bits per heavy atom. The van der Waals surface area contributed by atoms with E-state index in [0.29, 0.717) is 18.3 Å². The van der Waals surface area contributed by atoms with Crippen molar-refractivity contribution in [1.82, 2.24) is 14.5 Å². The number of furan rings is 1. The molecule has 2 heterocycles. The van der Waals surface area contributed by atoms with Gasteiger partial charge in [0, 0.05) is 19.2 Å². The number of nitrogens with zero attached hydrogens (tertiary/aromatic N) is 3. The molecule has 0 aliphatic carbocycles. The monoisotopic (exact) mass is 468 g/mol. The van der Waals surface area contributed by atoms with Crippen molar-refractivity contribution >= 4 is 22.9 Å². The van der Waals surface area contributed by atoms with Crippen molar-refractivity contribution in [3.8, 4) is 5.75 Å². The van der Waals surface area contributed by atoms with Crippen LogP contribution in [0.3, 0.4) is 0 Å². The van der Waals surface area contributed by atoms with Crippen LogP contribution in [0, 0.1) is 11.6 Å². The number of aromatic nitrogens is 2. The molecule has 0 atom stereocenters. The lowest BCUT2D eigenvalue weighted by atomic mass is 10.3. The van der Waals surface area contributed by atoms with Gasteiger partial charge in [0.2, 0.25) is 5.95 Å². The van der Waals surface area contributed by atoms with Gasteiger partial charge in [0.1, 0.15) is 18.2 Å². The predicted molar refractivity (Wildman–Crippen MR) is 125 cm³/mol. The van der Waals surface area contributed by atoms with Crippen LogP contribution >= 0.6 is 0 Å². The van der Waals surface area contributed by atoms with Crippen molar-refractivity contribution in [1.29, 1.82) is 0 Å². The summed E-state index contributed by atoms with van der Waals surface area (Å²) in [6, 6.07) is 13.8. The number of carbonyl (C=O) groups is 1. The van der Waals surface area contributed by atoms with E-state index in [1.165, 1.54) is 12.1 Å². The zero-order valence-electron chi connectivity index (χ0n) is 19.1. The number of fused-ring (bicyclic) bond motifs is 1. The van der Waals surface area contributed by atoms with E-state index >= 15 is 0 Å². The van der Waals surface area contributed by atoms with Crippen molar-refractivity contribution < 1.29 is 22.7 Å². The number of hydrogen-bond acceptors (Lipinski definition) is 5. The number of amides is 1. The number of halogens is 2. The zero-order valence-corrected chi connectivity index (χ0v) is 19.1. The molecule has 0 aliphatic rings. The summed E-state index contributed by atoms with van der Waals surface area (Å²) in [5.41, 5.74) is 1.71. The highest BCUT2D eigenvalue weighted by molar-refractivity contribution is 6.02. The molecule has 2 aromatic carbocycles. The minimum Gasteiger partial charge on any atom is -0.483 e. The van der Waals surface area contributed by atoms with Crippen LogP contribution in [0.15, 0.2) is 59.0 Å². The fourth-order valence-corrected chi connectivity index (χ4v) is 3.66. The standard InChI is InChI=1S/C25H26F2N4O3/c1-3-30(4-2)13-14-31-21-8-6-5-7-20(21)28-25(31)29-24(32)23-12-10-18(34-23)16-33-22-11-9-17(26)15-19(22)27/h5-12,15H,3-4,13-14,16H2,1-2H3,(H,28,29,32). The van der Waals surface area contributed by atoms with E-state index in [9.17, 15) is 13.6 Å². The molecule has 0 radical (unpaired) electrons. The summed E-state index contributed by atoms with van der Waals surface area (Å²) < 4.78 is 39.7. The van der Waals surface area contributed by atoms with Crippen molar-refractivity contribution in [3.05, 3.63) is 77.8 Å². The van der Waals surface area contributed by atoms with E-state index in [4.69, 9.17) is 9.15 Å². The van der Waals surface area contributed by atoms with Crippen molar-refractivity contribution in [3.63, 3.8) is 0 Å². The molecule has 0 unspecified atom stereocenters. The number of anilines is 1. The van der Waals surface area contributed by atoms with E-state index in [1.807, 2.05) is 28.8 Å². The summed E-state index contributed by atoms with van der Waals surface area (Å²) in [7, 11) is 0. The van der Waals surface area contributed by atoms with Gasteiger partial charge in [0.25, 0.3) is 5.91 Å². The average Bonchev–Trinajstić information content (AvgIpc) is 3.44. The first-order valence-electron chi connectivity index (χ1n) is 11.1. The fraction of sp³-hybridized carbons (Fsp3) is 0.280. The Hall–Kier alpha value is -3.72. The summed E-state index contributed by atoms with van der Waals surface area (Å²) in [5.74, 6) is -1.24. The molecule has 2 aromatic heterocycles. The highest BCUT2D eigenvalue weighted by Crippen LogP contribution is 2.22. The van der Waals surface area contributed by atoms with Crippen LogP contribution in [0.5, 0.6) is 5.75 Å². The van der Waals surface area contributed by atoms with E-state index in [0.717, 1.165) is 42.8 Å². The van der Waals surface area contributed by atoms with Gasteiger partial charge in [-0.05, 0) is 49.5 Å². The van der Waals surface area contributed by atoms with E-state index in [1.54, 1.807) is 6.07 Å². The quantitative estimate of drug-likeness (QED) is 0.351. The second-order valence-electron chi connectivity index (χ2n) is 7.69. The van der Waals surface area contributed by atoms with Gasteiger partial charge in [-0.1, -0.05) is 26.0 Å². The van der Waals surface area contributed by atoms with Crippen LogP contribution in [0.2, 0.25) is 0 Å². The minimum absolute atomic E-state index is 0.0699. The van der Waals surface area contributed by atoms with Gasteiger partial charge in [0.05, 0.1) is 11.0 Å². The lowest BCUT2D eigenvalue weighted by molar-refractivity contribution is 0.0991. The first kappa shape index (κ1) is 23.4. The van der Waals surface area contributed by atoms with Crippen LogP contribution in [-0.4, -0.2) is 40.0 Å². The molecule has 0 spiro atoms. The van der Waals surface area contributed by atoms with Crippen LogP contribution in [0.25, 0.3) is 11.0 Å². The highest BCUT2D eigenvalue weighted by atomic mass is 19.1. The molecule has 34 heavy (non-hydrogen) atoms. The van der Waals surface area contributed by atoms with Gasteiger partial charge in [-0.15, -0.1) is 0 Å². The number of carbonyl (C=O) groups excluding carboxylic acids is 1. The van der Waals surface area contributed by atoms with Gasteiger partial charge < -0.3 is 18.6 Å². The molecular formula is C25H26F2N4O3. The van der Waals surface area contributed by atoms with Crippen LogP contribution in [0.4, 0.5) is 14.7 Å². The van der Waals surface area contributed by atoms with E-state index < -0.39 is 17.5 Å². The zero-order chi connectivity index (χ0) is 24.1. The first-order valence-corrected chi connectivity index (χ1v) is 11.1. The molecular weight excluding hydrogens is 442 g/mol. The Kier molecular flexibility index (Phi) is 7.22. The number of para-hydroxylation sites is 2. The molecule has 178 valence electrons. The number of imidazole rings is 1. The number of ether oxygens (including phenoxy) is 1. The lowest BCUT2D eigenvalue weighted by Gasteiger charge is -2.19. The van der Waals surface area contributed by atoms with Gasteiger partial charge in [-0.3, -0.25) is 10.1 Å². The maximum absolute atomic E-state index is 13.7. The Bertz CT molecular complexity index is 1280. The minimum atomic E-state index is -0.812. The molecule has 1 N–H and O–H groups in total. The molecule has 0 fully saturated rings. The van der Waals surface area contributed by atoms with Gasteiger partial charge in [-0.25, -0.2) is 13.8 Å². The second kappa shape index (κ2) is 10.5. The number of likely N-dealkylation sites (N-methyl/N-ethyl adjacent to an activating group) is 1. The molecule has 0 saturated carbocycles. The number of rotatable bonds is 10. The fourth-order valence-electron chi connectivity index (χ4n) is 3.66. The van der Waals surface area contributed by atoms with E-state index in [2.05, 4.69) is 29.0 Å². The number of hydrogen-bond donors (Lipinski definition) is 1. The third kappa shape index (κ3) is 5.26. The molecule has 4 rings (SSSR count). The SMILES string of the molecule is CCN(CC)CCn1c(NC(=O)c2ccc(COc3ccc(F)cc3F)o2)nc2ccccc21. The smallest absolute Gasteiger partial charge is 0.293 e. The molecule has 0 saturated heterocycles. The molecule has 4 aromatic rings. The van der Waals surface area contributed by atoms with Gasteiger partial charge in [-0.2, -0.15) is 0 Å². The molecule has 0 aliphatic heterocycles. The largest absolute Gasteiger partial charge is 0.483 e. The van der Waals surface area contributed by atoms with Crippen LogP contribution < -0.4 is 10.1 Å². The summed E-state index contributed by atoms with van der Waals surface area (Å²) in [6.45, 7) is 7.46. The Balaban J connectivity index is 1.47. The maximum atomic E-state index is 13.7. The molecule has 0 bridgehead atoms. The second-order valence-corrected chi connectivity index (χ2v) is 7.69. The highest BCUT2D eigenvalue weighted by Gasteiger charge is 2.18. The Morgan fingerprint density at radius 2 is 1.91 bits per heavy atom. The topological polar surface area (TPSA) is 72.5 Å². The molecule has 7 nitrogen and oxygen atoms in total. The van der Waals surface area contributed by atoms with Crippen molar-refractivity contribution in [2.24, 2.45) is 0 Å². The van der Waals surface area contributed by atoms with Gasteiger partial charge in [0.15, 0.2) is 17.3 Å². The van der Waals surface area contributed by atoms with Crippen LogP contribution in [0.1, 0.15) is 30.2 Å². The summed E-state index contributed by atoms with van der Waals surface area (Å²) in [4.78, 5) is 19.7. The van der Waals surface area contributed by atoms with Crippen molar-refractivity contribution in [2.45, 2.75) is 27.0 Å². The normalized spacial score (nSPS) is 11.3. The first-order chi connectivity index (χ1) is 16.5. The lowest BCUT2D eigenvalue weighted by Crippen LogP contribution is -2.27. The summed E-state index contributed by atoms with van der Waals surface area (Å²) in [5, 5.41) is 2.84. The predicted octanol–water partition coefficient (Wildman–Crippen LogP) is 5.08. The van der Waals surface area contributed by atoms with Crippen LogP contribution in [-0.2, 0) is 13.2 Å². The van der Waals surface area contributed by atoms with Crippen molar-refractivity contribution in [2.75, 3.05) is 25.0 Å². The summed E-state index contributed by atoms with van der Waals surface area (Å²) >= 11 is 0. The van der Waals surface area contributed by atoms with Gasteiger partial charge >= 0.3 is 0 Å². The van der Waals surface area contributed by atoms with E-state index in [-0.39, 0.29) is 18.1 Å². The number of nitrogens with one attached hydrogen (secondary N) is 1. The third-order valence-corrected chi connectivity index (χ3v) is 5.56. The average molecular weight is 469 g/mol.